The summed E-state index contributed by atoms with van der Waals surface area (Å²) in [6.07, 6.45) is 1.24. The molecule has 1 amide bonds. The smallest absolute Gasteiger partial charge is 0.248 e. The molecule has 2 aromatic heterocycles. The van der Waals surface area contributed by atoms with E-state index in [4.69, 9.17) is 34.8 Å². The number of anilines is 1. The first kappa shape index (κ1) is 14.0. The number of hydrogen-bond acceptors (Lipinski definition) is 5. The lowest BCUT2D eigenvalue weighted by Crippen LogP contribution is -2.16. The van der Waals surface area contributed by atoms with E-state index in [9.17, 15) is 9.59 Å². The second kappa shape index (κ2) is 5.68. The van der Waals surface area contributed by atoms with Gasteiger partial charge in [0.25, 0.3) is 0 Å². The predicted molar refractivity (Wildman–Crippen MR) is 71.0 cm³/mol. The topological polar surface area (TPSA) is 89.8 Å². The van der Waals surface area contributed by atoms with Gasteiger partial charge in [-0.3, -0.25) is 19.5 Å². The second-order valence-corrected chi connectivity index (χ2v) is 4.23. The van der Waals surface area contributed by atoms with E-state index in [2.05, 4.69) is 20.3 Å². The molecule has 0 radical (unpaired) electrons. The van der Waals surface area contributed by atoms with Crippen molar-refractivity contribution in [2.75, 3.05) is 17.1 Å². The van der Waals surface area contributed by atoms with Crippen LogP contribution in [0.15, 0.2) is 6.33 Å². The molecule has 0 aliphatic heterocycles. The zero-order valence-corrected chi connectivity index (χ0v) is 11.5. The van der Waals surface area contributed by atoms with Crippen LogP contribution in [-0.4, -0.2) is 43.1 Å². The van der Waals surface area contributed by atoms with Crippen LogP contribution in [0.1, 0.15) is 4.79 Å². The zero-order valence-electron chi connectivity index (χ0n) is 9.23. The summed E-state index contributed by atoms with van der Waals surface area (Å²) in [6.45, 7) is 0. The number of alkyl halides is 2. The van der Waals surface area contributed by atoms with Crippen molar-refractivity contribution in [1.29, 1.82) is 0 Å². The molecule has 2 rings (SSSR count). The van der Waals surface area contributed by atoms with Crippen LogP contribution in [0, 0.1) is 0 Å². The van der Waals surface area contributed by atoms with Gasteiger partial charge in [-0.1, -0.05) is 11.6 Å². The molecule has 1 N–H and O–H groups in total. The van der Waals surface area contributed by atoms with Crippen molar-refractivity contribution in [3.8, 4) is 0 Å². The first-order chi connectivity index (χ1) is 9.06. The number of halogens is 3. The predicted octanol–water partition coefficient (Wildman–Crippen LogP) is 1.54. The van der Waals surface area contributed by atoms with Crippen LogP contribution >= 0.6 is 34.8 Å². The van der Waals surface area contributed by atoms with Crippen molar-refractivity contribution in [2.45, 2.75) is 0 Å². The molecule has 0 saturated heterocycles. The minimum Gasteiger partial charge on any atom is -0.293 e. The highest BCUT2D eigenvalue weighted by Gasteiger charge is 2.16. The Kier molecular flexibility index (Phi) is 4.18. The van der Waals surface area contributed by atoms with E-state index < -0.39 is 11.8 Å². The van der Waals surface area contributed by atoms with Crippen LogP contribution in [0.5, 0.6) is 0 Å². The van der Waals surface area contributed by atoms with Crippen LogP contribution in [0.3, 0.4) is 0 Å². The minimum atomic E-state index is -0.494. The van der Waals surface area contributed by atoms with Crippen molar-refractivity contribution < 1.29 is 9.59 Å². The molecule has 0 aliphatic carbocycles. The average Bonchev–Trinajstić information content (AvgIpc) is 2.82. The number of rotatable bonds is 3. The third kappa shape index (κ3) is 2.78. The van der Waals surface area contributed by atoms with E-state index >= 15 is 0 Å². The third-order valence-electron chi connectivity index (χ3n) is 2.11. The van der Waals surface area contributed by atoms with E-state index in [0.717, 1.165) is 4.57 Å². The maximum Gasteiger partial charge on any atom is 0.248 e. The molecular weight excluding hydrogens is 316 g/mol. The molecule has 2 heterocycles. The summed E-state index contributed by atoms with van der Waals surface area (Å²) >= 11 is 16.7. The number of nitrogens with one attached hydrogen (secondary N) is 1. The Morgan fingerprint density at radius 1 is 1.26 bits per heavy atom. The number of hydrogen-bond donors (Lipinski definition) is 1. The summed E-state index contributed by atoms with van der Waals surface area (Å²) in [4.78, 5) is 34.5. The van der Waals surface area contributed by atoms with Crippen LogP contribution < -0.4 is 5.32 Å². The molecule has 19 heavy (non-hydrogen) atoms. The highest BCUT2D eigenvalue weighted by atomic mass is 35.5. The summed E-state index contributed by atoms with van der Waals surface area (Å²) in [5.41, 5.74) is 0.402. The van der Waals surface area contributed by atoms with Crippen molar-refractivity contribution in [3.05, 3.63) is 11.5 Å². The number of imidazole rings is 1. The summed E-state index contributed by atoms with van der Waals surface area (Å²) in [6, 6.07) is 0. The van der Waals surface area contributed by atoms with Gasteiger partial charge in [-0.15, -0.1) is 23.2 Å². The molecule has 100 valence electrons. The van der Waals surface area contributed by atoms with Gasteiger partial charge < -0.3 is 0 Å². The normalized spacial score (nSPS) is 10.7. The molecule has 0 bridgehead atoms. The molecule has 7 nitrogen and oxygen atoms in total. The van der Waals surface area contributed by atoms with Crippen molar-refractivity contribution in [3.63, 3.8) is 0 Å². The van der Waals surface area contributed by atoms with Crippen LogP contribution in [-0.2, 0) is 4.79 Å². The molecule has 0 aliphatic rings. The van der Waals surface area contributed by atoms with Gasteiger partial charge in [-0.2, -0.15) is 9.97 Å². The van der Waals surface area contributed by atoms with Crippen LogP contribution in [0.25, 0.3) is 11.2 Å². The summed E-state index contributed by atoms with van der Waals surface area (Å²) in [7, 11) is 0. The average molecular weight is 323 g/mol. The number of nitrogens with zero attached hydrogens (tertiary/aromatic N) is 4. The van der Waals surface area contributed by atoms with E-state index in [1.165, 1.54) is 6.33 Å². The fraction of sp³-hybridized carbons (Fsp3) is 0.222. The van der Waals surface area contributed by atoms with E-state index in [0.29, 0.717) is 0 Å². The van der Waals surface area contributed by atoms with Gasteiger partial charge in [0.15, 0.2) is 10.8 Å². The Bertz CT molecular complexity index is 657. The van der Waals surface area contributed by atoms with Gasteiger partial charge in [-0.25, -0.2) is 4.98 Å². The molecule has 0 aromatic carbocycles. The van der Waals surface area contributed by atoms with Gasteiger partial charge in [0.05, 0.1) is 0 Å². The quantitative estimate of drug-likeness (QED) is 0.684. The Labute approximate surface area is 121 Å². The van der Waals surface area contributed by atoms with Gasteiger partial charge in [0.1, 0.15) is 23.6 Å². The van der Waals surface area contributed by atoms with Gasteiger partial charge >= 0.3 is 0 Å². The number of carbonyl (C=O) groups excluding carboxylic acids is 2. The van der Waals surface area contributed by atoms with Crippen molar-refractivity contribution in [2.24, 2.45) is 0 Å². The number of carbonyl (C=O) groups is 2. The SMILES string of the molecule is O=C(CCl)Nc1nc(Cl)c2ncn(C(=O)CCl)c2n1. The fourth-order valence-electron chi connectivity index (χ4n) is 1.33. The highest BCUT2D eigenvalue weighted by Crippen LogP contribution is 2.20. The highest BCUT2D eigenvalue weighted by molar-refractivity contribution is 6.34. The molecule has 0 spiro atoms. The molecular formula is C9H6Cl3N5O2. The maximum atomic E-state index is 11.6. The Morgan fingerprint density at radius 3 is 2.63 bits per heavy atom. The van der Waals surface area contributed by atoms with Crippen molar-refractivity contribution in [1.82, 2.24) is 19.5 Å². The lowest BCUT2D eigenvalue weighted by molar-refractivity contribution is -0.114. The molecule has 0 atom stereocenters. The second-order valence-electron chi connectivity index (χ2n) is 3.33. The molecule has 0 fully saturated rings. The third-order valence-corrected chi connectivity index (χ3v) is 2.84. The lowest BCUT2D eigenvalue weighted by Gasteiger charge is -2.03. The summed E-state index contributed by atoms with van der Waals surface area (Å²) < 4.78 is 1.13. The van der Waals surface area contributed by atoms with Gasteiger partial charge in [0, 0.05) is 0 Å². The van der Waals surface area contributed by atoms with E-state index in [1.54, 1.807) is 0 Å². The number of fused-ring (bicyclic) bond motifs is 1. The minimum absolute atomic E-state index is 0.0102. The van der Waals surface area contributed by atoms with Crippen molar-refractivity contribution >= 4 is 63.7 Å². The van der Waals surface area contributed by atoms with Crippen LogP contribution in [0.2, 0.25) is 5.15 Å². The molecule has 0 saturated carbocycles. The standard InChI is InChI=1S/C9H6Cl3N5O2/c10-1-4(18)14-9-15-7(12)6-8(16-9)17(3-13-6)5(19)2-11/h3H,1-2H2,(H,14,15,16,18). The molecule has 10 heteroatoms. The molecule has 0 unspecified atom stereocenters. The molecule has 2 aromatic rings. The fourth-order valence-corrected chi connectivity index (χ4v) is 1.74. The monoisotopic (exact) mass is 321 g/mol. The van der Waals surface area contributed by atoms with Crippen LogP contribution in [0.4, 0.5) is 5.95 Å². The first-order valence-electron chi connectivity index (χ1n) is 4.92. The number of aromatic nitrogens is 4. The summed E-state index contributed by atoms with van der Waals surface area (Å²) in [5.74, 6) is -1.47. The summed E-state index contributed by atoms with van der Waals surface area (Å²) in [5, 5.41) is 2.35. The Balaban J connectivity index is 2.52. The first-order valence-corrected chi connectivity index (χ1v) is 6.37. The van der Waals surface area contributed by atoms with Gasteiger partial charge in [0.2, 0.25) is 17.8 Å². The Hall–Kier alpha value is -1.44. The Morgan fingerprint density at radius 2 is 2.00 bits per heavy atom. The zero-order chi connectivity index (χ0) is 14.0. The lowest BCUT2D eigenvalue weighted by atomic mass is 10.5. The van der Waals surface area contributed by atoms with E-state index in [-0.39, 0.29) is 34.0 Å². The maximum absolute atomic E-state index is 11.6. The largest absolute Gasteiger partial charge is 0.293 e. The number of amides is 1. The van der Waals surface area contributed by atoms with E-state index in [1.807, 2.05) is 0 Å². The van der Waals surface area contributed by atoms with Gasteiger partial charge in [-0.05, 0) is 0 Å².